The summed E-state index contributed by atoms with van der Waals surface area (Å²) in [5, 5.41) is 4.85. The van der Waals surface area contributed by atoms with E-state index in [0.717, 1.165) is 22.6 Å². The van der Waals surface area contributed by atoms with E-state index in [1.807, 2.05) is 25.1 Å². The molecule has 1 aromatic carbocycles. The van der Waals surface area contributed by atoms with Crippen LogP contribution in [0.2, 0.25) is 5.02 Å². The van der Waals surface area contributed by atoms with Gasteiger partial charge in [-0.3, -0.25) is 9.36 Å². The lowest BCUT2D eigenvalue weighted by Crippen LogP contribution is -2.22. The van der Waals surface area contributed by atoms with Crippen molar-refractivity contribution in [2.45, 2.75) is 31.9 Å². The molecule has 4 aromatic rings. The van der Waals surface area contributed by atoms with Gasteiger partial charge in [-0.05, 0) is 30.5 Å². The Kier molecular flexibility index (Phi) is 4.63. The summed E-state index contributed by atoms with van der Waals surface area (Å²) in [6.07, 6.45) is 3.72. The Morgan fingerprint density at radius 3 is 2.93 bits per heavy atom. The van der Waals surface area contributed by atoms with E-state index in [9.17, 15) is 4.79 Å². The molecular formula is C20H19ClN6O3. The van der Waals surface area contributed by atoms with Gasteiger partial charge in [0.1, 0.15) is 12.9 Å². The van der Waals surface area contributed by atoms with Crippen LogP contribution >= 0.6 is 11.6 Å². The van der Waals surface area contributed by atoms with E-state index in [1.165, 1.54) is 10.9 Å². The zero-order valence-corrected chi connectivity index (χ0v) is 17.2. The molecule has 1 saturated heterocycles. The second-order valence-corrected chi connectivity index (χ2v) is 7.92. The molecule has 30 heavy (non-hydrogen) atoms. The summed E-state index contributed by atoms with van der Waals surface area (Å²) in [4.78, 5) is 25.5. The smallest absolute Gasteiger partial charge is 0.280 e. The number of hydrogen-bond donors (Lipinski definition) is 0. The van der Waals surface area contributed by atoms with Crippen LogP contribution in [0.3, 0.4) is 0 Å². The molecule has 9 nitrogen and oxygen atoms in total. The summed E-state index contributed by atoms with van der Waals surface area (Å²) in [5.74, 6) is 0.958. The Hall–Kier alpha value is -3.04. The normalized spacial score (nSPS) is 19.0. The second kappa shape index (κ2) is 7.33. The van der Waals surface area contributed by atoms with Gasteiger partial charge in [-0.1, -0.05) is 28.9 Å². The fourth-order valence-electron chi connectivity index (χ4n) is 3.74. The molecule has 0 aliphatic carbocycles. The average molecular weight is 427 g/mol. The van der Waals surface area contributed by atoms with Gasteiger partial charge in [0, 0.05) is 18.0 Å². The maximum Gasteiger partial charge on any atom is 0.280 e. The first kappa shape index (κ1) is 19.0. The van der Waals surface area contributed by atoms with E-state index in [4.69, 9.17) is 20.9 Å². The molecule has 3 aromatic heterocycles. The first-order valence-corrected chi connectivity index (χ1v) is 9.94. The Labute approximate surface area is 176 Å². The first-order valence-electron chi connectivity index (χ1n) is 9.56. The number of halogens is 1. The summed E-state index contributed by atoms with van der Waals surface area (Å²) in [6.45, 7) is 2.63. The van der Waals surface area contributed by atoms with E-state index in [2.05, 4.69) is 20.1 Å². The molecule has 10 heteroatoms. The fourth-order valence-corrected chi connectivity index (χ4v) is 3.85. The largest absolute Gasteiger partial charge is 0.373 e. The van der Waals surface area contributed by atoms with Crippen molar-refractivity contribution in [2.75, 3.05) is 6.61 Å². The quantitative estimate of drug-likeness (QED) is 0.494. The van der Waals surface area contributed by atoms with Crippen LogP contribution in [0, 0.1) is 6.92 Å². The van der Waals surface area contributed by atoms with E-state index in [1.54, 1.807) is 17.9 Å². The zero-order valence-electron chi connectivity index (χ0n) is 16.4. The van der Waals surface area contributed by atoms with Crippen LogP contribution in [0.25, 0.3) is 11.2 Å². The van der Waals surface area contributed by atoms with Gasteiger partial charge < -0.3 is 13.8 Å². The highest BCUT2D eigenvalue weighted by Crippen LogP contribution is 2.37. The number of aryl methyl sites for hydroxylation is 2. The summed E-state index contributed by atoms with van der Waals surface area (Å²) in [5.41, 5.74) is 2.75. The van der Waals surface area contributed by atoms with Crippen molar-refractivity contribution in [3.8, 4) is 0 Å². The Morgan fingerprint density at radius 2 is 2.10 bits per heavy atom. The predicted molar refractivity (Wildman–Crippen MR) is 108 cm³/mol. The molecule has 0 unspecified atom stereocenters. The molecule has 0 amide bonds. The van der Waals surface area contributed by atoms with Crippen LogP contribution in [0.5, 0.6) is 0 Å². The lowest BCUT2D eigenvalue weighted by atomic mass is 9.99. The zero-order chi connectivity index (χ0) is 20.8. The molecule has 0 saturated carbocycles. The predicted octanol–water partition coefficient (Wildman–Crippen LogP) is 2.77. The van der Waals surface area contributed by atoms with Crippen molar-refractivity contribution in [1.82, 2.24) is 29.2 Å². The van der Waals surface area contributed by atoms with Gasteiger partial charge in [0.25, 0.3) is 5.56 Å². The van der Waals surface area contributed by atoms with E-state index in [0.29, 0.717) is 29.5 Å². The molecule has 2 atom stereocenters. The van der Waals surface area contributed by atoms with E-state index >= 15 is 0 Å². The molecule has 0 bridgehead atoms. The van der Waals surface area contributed by atoms with Gasteiger partial charge in [0.2, 0.25) is 5.89 Å². The topological polar surface area (TPSA) is 101 Å². The third-order valence-electron chi connectivity index (χ3n) is 5.41. The summed E-state index contributed by atoms with van der Waals surface area (Å²) in [6, 6.07) is 5.92. The maximum absolute atomic E-state index is 12.7. The number of aromatic nitrogens is 6. The van der Waals surface area contributed by atoms with E-state index < -0.39 is 0 Å². The SMILES string of the molecule is Cc1cc([C@H]2C[C@H](c3noc(Cn4cnc5ncn(C)c5c4=O)n3)CO2)ccc1Cl. The molecule has 4 heterocycles. The maximum atomic E-state index is 12.7. The standard InChI is InChI=1S/C20H19ClN6O3/c1-11-5-12(3-4-14(11)21)15-6-13(8-29-15)18-24-16(30-25-18)7-27-10-23-19-17(20(27)28)26(2)9-22-19/h3-5,9-10,13,15H,6-8H2,1-2H3/t13-,15+/m0/s1. The number of ether oxygens (including phenoxy) is 1. The fraction of sp³-hybridized carbons (Fsp3) is 0.350. The number of rotatable bonds is 4. The average Bonchev–Trinajstić information content (AvgIpc) is 3.46. The summed E-state index contributed by atoms with van der Waals surface area (Å²) >= 11 is 6.12. The van der Waals surface area contributed by atoms with Gasteiger partial charge in [-0.25, -0.2) is 9.97 Å². The Morgan fingerprint density at radius 1 is 1.27 bits per heavy atom. The van der Waals surface area contributed by atoms with Crippen LogP contribution < -0.4 is 5.56 Å². The molecule has 1 aliphatic heterocycles. The number of benzene rings is 1. The highest BCUT2D eigenvalue weighted by Gasteiger charge is 2.31. The van der Waals surface area contributed by atoms with Crippen LogP contribution in [-0.2, 0) is 18.3 Å². The minimum absolute atomic E-state index is 0.0258. The number of fused-ring (bicyclic) bond motifs is 1. The van der Waals surface area contributed by atoms with Crippen LogP contribution in [-0.4, -0.2) is 35.8 Å². The molecule has 1 aliphatic rings. The van der Waals surface area contributed by atoms with Crippen molar-refractivity contribution in [3.05, 3.63) is 69.1 Å². The highest BCUT2D eigenvalue weighted by atomic mass is 35.5. The van der Waals surface area contributed by atoms with Crippen molar-refractivity contribution in [3.63, 3.8) is 0 Å². The van der Waals surface area contributed by atoms with Gasteiger partial charge >= 0.3 is 0 Å². The third kappa shape index (κ3) is 3.29. The number of nitrogens with zero attached hydrogens (tertiary/aromatic N) is 6. The van der Waals surface area contributed by atoms with Crippen LogP contribution in [0.1, 0.15) is 41.3 Å². The minimum atomic E-state index is -0.206. The monoisotopic (exact) mass is 426 g/mol. The van der Waals surface area contributed by atoms with Crippen molar-refractivity contribution in [1.29, 1.82) is 0 Å². The summed E-state index contributed by atoms with van der Waals surface area (Å²) in [7, 11) is 1.76. The Bertz CT molecular complexity index is 1290. The van der Waals surface area contributed by atoms with Crippen LogP contribution in [0.4, 0.5) is 0 Å². The third-order valence-corrected chi connectivity index (χ3v) is 5.83. The van der Waals surface area contributed by atoms with Crippen molar-refractivity contribution in [2.24, 2.45) is 7.05 Å². The Balaban J connectivity index is 1.33. The molecule has 154 valence electrons. The number of imidazole rings is 1. The van der Waals surface area contributed by atoms with Crippen molar-refractivity contribution >= 4 is 22.8 Å². The van der Waals surface area contributed by atoms with Gasteiger partial charge in [0.15, 0.2) is 17.0 Å². The lowest BCUT2D eigenvalue weighted by Gasteiger charge is -2.11. The molecular weight excluding hydrogens is 408 g/mol. The second-order valence-electron chi connectivity index (χ2n) is 7.51. The summed E-state index contributed by atoms with van der Waals surface area (Å²) < 4.78 is 14.4. The van der Waals surface area contributed by atoms with Gasteiger partial charge in [-0.2, -0.15) is 4.98 Å². The molecule has 0 N–H and O–H groups in total. The molecule has 1 fully saturated rings. The first-order chi connectivity index (χ1) is 14.5. The van der Waals surface area contributed by atoms with Crippen LogP contribution in [0.15, 0.2) is 40.2 Å². The van der Waals surface area contributed by atoms with Crippen molar-refractivity contribution < 1.29 is 9.26 Å². The lowest BCUT2D eigenvalue weighted by molar-refractivity contribution is 0.110. The number of hydrogen-bond acceptors (Lipinski definition) is 7. The minimum Gasteiger partial charge on any atom is -0.373 e. The highest BCUT2D eigenvalue weighted by molar-refractivity contribution is 6.31. The molecule has 0 spiro atoms. The van der Waals surface area contributed by atoms with Gasteiger partial charge in [-0.15, -0.1) is 0 Å². The van der Waals surface area contributed by atoms with E-state index in [-0.39, 0.29) is 24.1 Å². The van der Waals surface area contributed by atoms with Gasteiger partial charge in [0.05, 0.1) is 19.0 Å². The molecule has 0 radical (unpaired) electrons. The molecule has 5 rings (SSSR count).